The third-order valence-electron chi connectivity index (χ3n) is 7.69. The van der Waals surface area contributed by atoms with Crippen LogP contribution in [0.4, 0.5) is 5.69 Å². The summed E-state index contributed by atoms with van der Waals surface area (Å²) in [6.45, 7) is 7.91. The summed E-state index contributed by atoms with van der Waals surface area (Å²) in [5.74, 6) is 0.942. The van der Waals surface area contributed by atoms with Gasteiger partial charge in [0.15, 0.2) is 11.5 Å². The maximum Gasteiger partial charge on any atom is 0.227 e. The van der Waals surface area contributed by atoms with E-state index in [1.807, 2.05) is 38.1 Å². The van der Waals surface area contributed by atoms with Crippen molar-refractivity contribution in [2.75, 3.05) is 11.4 Å². The van der Waals surface area contributed by atoms with Gasteiger partial charge in [-0.05, 0) is 69.4 Å². The lowest BCUT2D eigenvalue weighted by Crippen LogP contribution is -2.56. The van der Waals surface area contributed by atoms with Crippen LogP contribution in [0.5, 0.6) is 11.5 Å². The van der Waals surface area contributed by atoms with Crippen LogP contribution in [-0.4, -0.2) is 40.1 Å². The molecule has 5 nitrogen and oxygen atoms in total. The number of ether oxygens (including phenoxy) is 1. The van der Waals surface area contributed by atoms with Crippen molar-refractivity contribution in [1.82, 2.24) is 4.90 Å². The van der Waals surface area contributed by atoms with E-state index in [1.165, 1.54) is 0 Å². The van der Waals surface area contributed by atoms with Crippen LogP contribution in [0.3, 0.4) is 0 Å². The molecule has 0 unspecified atom stereocenters. The molecule has 0 saturated carbocycles. The summed E-state index contributed by atoms with van der Waals surface area (Å²) in [6.07, 6.45) is 3.39. The Hall–Kier alpha value is -3.31. The smallest absolute Gasteiger partial charge is 0.227 e. The number of piperidine rings is 1. The average molecular weight is 485 g/mol. The Morgan fingerprint density at radius 1 is 1.03 bits per heavy atom. The maximum absolute atomic E-state index is 13.3. The highest BCUT2D eigenvalue weighted by Crippen LogP contribution is 2.46. The van der Waals surface area contributed by atoms with E-state index in [2.05, 4.69) is 59.2 Å². The van der Waals surface area contributed by atoms with Crippen LogP contribution < -0.4 is 9.64 Å². The summed E-state index contributed by atoms with van der Waals surface area (Å²) in [4.78, 5) is 18.0. The molecule has 2 atom stereocenters. The van der Waals surface area contributed by atoms with Gasteiger partial charge in [0.1, 0.15) is 0 Å². The average Bonchev–Trinajstić information content (AvgIpc) is 3.18. The standard InChI is InChI=1S/C31H36N2O3/c1-22(2)36-29-19-24(13-14-28(29)34)21-32-18-17-31(20-23(32)3)16-15-30(35)33(31)27-12-8-7-11-26(27)25-9-5-4-6-10-25/h4-14,19,22-23,34H,15-18,20-21H2,1-3H3/t23-,31+/m0/s1. The van der Waals surface area contributed by atoms with Crippen molar-refractivity contribution in [2.45, 2.75) is 70.7 Å². The predicted molar refractivity (Wildman–Crippen MR) is 144 cm³/mol. The molecule has 1 spiro atoms. The minimum absolute atomic E-state index is 0.00423. The lowest BCUT2D eigenvalue weighted by atomic mass is 9.80. The number of benzene rings is 3. The second kappa shape index (κ2) is 9.98. The molecular weight excluding hydrogens is 448 g/mol. The van der Waals surface area contributed by atoms with Crippen molar-refractivity contribution < 1.29 is 14.6 Å². The number of hydrogen-bond donors (Lipinski definition) is 1. The van der Waals surface area contributed by atoms with Crippen LogP contribution in [0.15, 0.2) is 72.8 Å². The van der Waals surface area contributed by atoms with Crippen LogP contribution in [-0.2, 0) is 11.3 Å². The van der Waals surface area contributed by atoms with Gasteiger partial charge < -0.3 is 14.7 Å². The monoisotopic (exact) mass is 484 g/mol. The Kier molecular flexibility index (Phi) is 6.76. The fraction of sp³-hybridized carbons (Fsp3) is 0.387. The normalized spacial score (nSPS) is 22.5. The summed E-state index contributed by atoms with van der Waals surface area (Å²) in [5, 5.41) is 10.2. The highest BCUT2D eigenvalue weighted by Gasteiger charge is 2.49. The number of phenolic OH excluding ortho intramolecular Hbond substituents is 1. The summed E-state index contributed by atoms with van der Waals surface area (Å²) >= 11 is 0. The zero-order valence-corrected chi connectivity index (χ0v) is 21.5. The molecular formula is C31H36N2O3. The molecule has 0 aromatic heterocycles. The first-order valence-corrected chi connectivity index (χ1v) is 13.1. The van der Waals surface area contributed by atoms with E-state index in [0.717, 1.165) is 54.7 Å². The van der Waals surface area contributed by atoms with E-state index in [0.29, 0.717) is 18.2 Å². The van der Waals surface area contributed by atoms with Crippen LogP contribution in [0.1, 0.15) is 52.0 Å². The first-order valence-electron chi connectivity index (χ1n) is 13.1. The van der Waals surface area contributed by atoms with Gasteiger partial charge in [0.25, 0.3) is 0 Å². The van der Waals surface area contributed by atoms with Crippen LogP contribution in [0.25, 0.3) is 11.1 Å². The molecule has 0 radical (unpaired) electrons. The SMILES string of the molecule is CC(C)Oc1cc(CN2CC[C@]3(CCC(=O)N3c3ccccc3-c3ccccc3)C[C@@H]2C)ccc1O. The van der Waals surface area contributed by atoms with Crippen molar-refractivity contribution in [3.05, 3.63) is 78.4 Å². The van der Waals surface area contributed by atoms with E-state index in [-0.39, 0.29) is 23.3 Å². The van der Waals surface area contributed by atoms with Crippen LogP contribution in [0.2, 0.25) is 0 Å². The number of rotatable bonds is 6. The molecule has 2 saturated heterocycles. The number of carbonyl (C=O) groups excluding carboxylic acids is 1. The summed E-state index contributed by atoms with van der Waals surface area (Å²) < 4.78 is 5.79. The largest absolute Gasteiger partial charge is 0.504 e. The Morgan fingerprint density at radius 2 is 1.78 bits per heavy atom. The van der Waals surface area contributed by atoms with Crippen LogP contribution in [0, 0.1) is 0 Å². The number of hydrogen-bond acceptors (Lipinski definition) is 4. The third kappa shape index (κ3) is 4.72. The molecule has 5 rings (SSSR count). The molecule has 0 bridgehead atoms. The number of nitrogens with zero attached hydrogens (tertiary/aromatic N) is 2. The summed E-state index contributed by atoms with van der Waals surface area (Å²) in [5.41, 5.74) is 4.25. The van der Waals surface area contributed by atoms with E-state index < -0.39 is 0 Å². The predicted octanol–water partition coefficient (Wildman–Crippen LogP) is 6.40. The number of para-hydroxylation sites is 1. The lowest BCUT2D eigenvalue weighted by Gasteiger charge is -2.48. The zero-order valence-electron chi connectivity index (χ0n) is 21.5. The van der Waals surface area contributed by atoms with Gasteiger partial charge in [-0.2, -0.15) is 0 Å². The number of aromatic hydroxyl groups is 1. The van der Waals surface area contributed by atoms with Gasteiger partial charge in [0.05, 0.1) is 17.3 Å². The van der Waals surface area contributed by atoms with E-state index >= 15 is 0 Å². The molecule has 0 aliphatic carbocycles. The van der Waals surface area contributed by atoms with Gasteiger partial charge in [-0.1, -0.05) is 54.6 Å². The summed E-state index contributed by atoms with van der Waals surface area (Å²) in [6, 6.07) is 24.7. The Morgan fingerprint density at radius 3 is 2.53 bits per heavy atom. The second-order valence-corrected chi connectivity index (χ2v) is 10.6. The molecule has 2 fully saturated rings. The Labute approximate surface area is 214 Å². The maximum atomic E-state index is 13.3. The minimum atomic E-state index is -0.154. The van der Waals surface area contributed by atoms with Gasteiger partial charge in [-0.3, -0.25) is 9.69 Å². The Balaban J connectivity index is 1.38. The first-order chi connectivity index (χ1) is 17.4. The fourth-order valence-electron chi connectivity index (χ4n) is 6.01. The molecule has 2 heterocycles. The van der Waals surface area contributed by atoms with Gasteiger partial charge in [-0.25, -0.2) is 0 Å². The summed E-state index contributed by atoms with van der Waals surface area (Å²) in [7, 11) is 0. The van der Waals surface area contributed by atoms with E-state index in [9.17, 15) is 9.90 Å². The van der Waals surface area contributed by atoms with Gasteiger partial charge >= 0.3 is 0 Å². The number of carbonyl (C=O) groups is 1. The highest BCUT2D eigenvalue weighted by molar-refractivity contribution is 6.01. The molecule has 188 valence electrons. The van der Waals surface area contributed by atoms with Crippen molar-refractivity contribution in [3.63, 3.8) is 0 Å². The second-order valence-electron chi connectivity index (χ2n) is 10.6. The molecule has 1 amide bonds. The van der Waals surface area contributed by atoms with E-state index in [1.54, 1.807) is 6.07 Å². The van der Waals surface area contributed by atoms with Crippen molar-refractivity contribution in [2.24, 2.45) is 0 Å². The fourth-order valence-corrected chi connectivity index (χ4v) is 6.01. The molecule has 3 aromatic carbocycles. The quantitative estimate of drug-likeness (QED) is 0.440. The molecule has 2 aliphatic rings. The zero-order chi connectivity index (χ0) is 25.3. The molecule has 1 N–H and O–H groups in total. The Bertz CT molecular complexity index is 1230. The molecule has 2 aliphatic heterocycles. The first kappa shape index (κ1) is 24.4. The molecule has 3 aromatic rings. The number of amides is 1. The topological polar surface area (TPSA) is 53.0 Å². The van der Waals surface area contributed by atoms with Gasteiger partial charge in [0, 0.05) is 31.1 Å². The minimum Gasteiger partial charge on any atom is -0.504 e. The highest BCUT2D eigenvalue weighted by atomic mass is 16.5. The van der Waals surface area contributed by atoms with Gasteiger partial charge in [-0.15, -0.1) is 0 Å². The van der Waals surface area contributed by atoms with Crippen LogP contribution >= 0.6 is 0 Å². The van der Waals surface area contributed by atoms with Gasteiger partial charge in [0.2, 0.25) is 5.91 Å². The lowest BCUT2D eigenvalue weighted by molar-refractivity contribution is -0.117. The number of likely N-dealkylation sites (tertiary alicyclic amines) is 1. The third-order valence-corrected chi connectivity index (χ3v) is 7.69. The number of phenols is 1. The molecule has 36 heavy (non-hydrogen) atoms. The molecule has 5 heteroatoms. The van der Waals surface area contributed by atoms with E-state index in [4.69, 9.17) is 4.74 Å². The number of anilines is 1. The van der Waals surface area contributed by atoms with Crippen molar-refractivity contribution >= 4 is 11.6 Å². The van der Waals surface area contributed by atoms with Crippen molar-refractivity contribution in [3.8, 4) is 22.6 Å². The van der Waals surface area contributed by atoms with Crippen molar-refractivity contribution in [1.29, 1.82) is 0 Å².